The molecule has 0 aliphatic carbocycles. The summed E-state index contributed by atoms with van der Waals surface area (Å²) in [7, 11) is 0. The van der Waals surface area contributed by atoms with Crippen LogP contribution in [0.1, 0.15) is 25.8 Å². The predicted octanol–water partition coefficient (Wildman–Crippen LogP) is 2.27. The van der Waals surface area contributed by atoms with Crippen molar-refractivity contribution in [3.63, 3.8) is 0 Å². The molecule has 0 saturated heterocycles. The third kappa shape index (κ3) is 5.16. The molecule has 0 N–H and O–H groups in total. The molecule has 0 spiro atoms. The number of aryl methyl sites for hydroxylation is 1. The van der Waals surface area contributed by atoms with Crippen molar-refractivity contribution in [2.45, 2.75) is 26.7 Å². The van der Waals surface area contributed by atoms with Crippen molar-refractivity contribution in [1.82, 2.24) is 0 Å². The molecule has 0 bridgehead atoms. The molecule has 0 heterocycles. The lowest BCUT2D eigenvalue weighted by Crippen LogP contribution is -2.28. The standard InChI is InChI=1S/C15H19NO6/c1-3-21-14(17)13(15(18)22-4-2)10-7-11-5-8-12(9-6-11)16(19)20/h5-6,8-9,13H,3-4,7,10H2,1-2H3. The van der Waals surface area contributed by atoms with Crippen LogP contribution in [0, 0.1) is 16.0 Å². The number of rotatable bonds is 8. The van der Waals surface area contributed by atoms with E-state index in [0.29, 0.717) is 6.42 Å². The van der Waals surface area contributed by atoms with Crippen LogP contribution in [-0.2, 0) is 25.5 Å². The highest BCUT2D eigenvalue weighted by molar-refractivity contribution is 5.94. The monoisotopic (exact) mass is 309 g/mol. The van der Waals surface area contributed by atoms with Crippen LogP contribution < -0.4 is 0 Å². The summed E-state index contributed by atoms with van der Waals surface area (Å²) in [5.74, 6) is -2.19. The Labute approximate surface area is 128 Å². The largest absolute Gasteiger partial charge is 0.465 e. The highest BCUT2D eigenvalue weighted by Gasteiger charge is 2.29. The Morgan fingerprint density at radius 2 is 1.59 bits per heavy atom. The molecular weight excluding hydrogens is 290 g/mol. The van der Waals surface area contributed by atoms with Gasteiger partial charge in [0.05, 0.1) is 18.1 Å². The van der Waals surface area contributed by atoms with E-state index in [1.807, 2.05) is 0 Å². The van der Waals surface area contributed by atoms with E-state index in [1.165, 1.54) is 12.1 Å². The molecule has 0 saturated carbocycles. The topological polar surface area (TPSA) is 95.7 Å². The molecule has 0 aliphatic heterocycles. The van der Waals surface area contributed by atoms with Gasteiger partial charge in [0, 0.05) is 12.1 Å². The number of hydrogen-bond acceptors (Lipinski definition) is 6. The van der Waals surface area contributed by atoms with Crippen molar-refractivity contribution < 1.29 is 24.0 Å². The van der Waals surface area contributed by atoms with Crippen molar-refractivity contribution in [2.24, 2.45) is 5.92 Å². The molecule has 0 atom stereocenters. The van der Waals surface area contributed by atoms with Gasteiger partial charge < -0.3 is 9.47 Å². The Balaban J connectivity index is 2.71. The zero-order valence-corrected chi connectivity index (χ0v) is 12.6. The van der Waals surface area contributed by atoms with Gasteiger partial charge in [0.15, 0.2) is 5.92 Å². The maximum atomic E-state index is 11.8. The Morgan fingerprint density at radius 1 is 1.09 bits per heavy atom. The van der Waals surface area contributed by atoms with Crippen LogP contribution in [-0.4, -0.2) is 30.1 Å². The summed E-state index contributed by atoms with van der Waals surface area (Å²) in [6.07, 6.45) is 0.649. The zero-order chi connectivity index (χ0) is 16.5. The summed E-state index contributed by atoms with van der Waals surface area (Å²) in [5, 5.41) is 10.6. The van der Waals surface area contributed by atoms with E-state index in [0.717, 1.165) is 5.56 Å². The molecule has 22 heavy (non-hydrogen) atoms. The number of carbonyl (C=O) groups is 2. The Morgan fingerprint density at radius 3 is 2.00 bits per heavy atom. The number of nitro benzene ring substituents is 1. The van der Waals surface area contributed by atoms with Gasteiger partial charge in [-0.3, -0.25) is 19.7 Å². The smallest absolute Gasteiger partial charge is 0.320 e. The van der Waals surface area contributed by atoms with E-state index in [4.69, 9.17) is 9.47 Å². The van der Waals surface area contributed by atoms with Crippen LogP contribution in [0.5, 0.6) is 0 Å². The number of nitrogens with zero attached hydrogens (tertiary/aromatic N) is 1. The molecule has 1 aromatic rings. The summed E-state index contributed by atoms with van der Waals surface area (Å²) in [6, 6.07) is 5.98. The second-order valence-corrected chi connectivity index (χ2v) is 4.52. The molecule has 1 aromatic carbocycles. The minimum Gasteiger partial charge on any atom is -0.465 e. The van der Waals surface area contributed by atoms with E-state index in [1.54, 1.807) is 26.0 Å². The number of ether oxygens (including phenoxy) is 2. The van der Waals surface area contributed by atoms with Gasteiger partial charge in [-0.15, -0.1) is 0 Å². The van der Waals surface area contributed by atoms with E-state index in [2.05, 4.69) is 0 Å². The minimum absolute atomic E-state index is 0.00362. The normalized spacial score (nSPS) is 10.3. The van der Waals surface area contributed by atoms with E-state index >= 15 is 0 Å². The number of hydrogen-bond donors (Lipinski definition) is 0. The first-order valence-electron chi connectivity index (χ1n) is 7.06. The van der Waals surface area contributed by atoms with Crippen molar-refractivity contribution in [3.05, 3.63) is 39.9 Å². The molecule has 0 aromatic heterocycles. The number of non-ortho nitro benzene ring substituents is 1. The van der Waals surface area contributed by atoms with Crippen LogP contribution in [0.4, 0.5) is 5.69 Å². The first-order valence-corrected chi connectivity index (χ1v) is 7.06. The molecule has 1 rings (SSSR count). The van der Waals surface area contributed by atoms with Gasteiger partial charge in [-0.05, 0) is 32.3 Å². The van der Waals surface area contributed by atoms with E-state index < -0.39 is 22.8 Å². The van der Waals surface area contributed by atoms with Crippen LogP contribution in [0.2, 0.25) is 0 Å². The summed E-state index contributed by atoms with van der Waals surface area (Å²) < 4.78 is 9.76. The van der Waals surface area contributed by atoms with Crippen molar-refractivity contribution in [1.29, 1.82) is 0 Å². The Hall–Kier alpha value is -2.44. The third-order valence-electron chi connectivity index (χ3n) is 3.01. The lowest BCUT2D eigenvalue weighted by Gasteiger charge is -2.14. The molecule has 0 unspecified atom stereocenters. The molecule has 7 heteroatoms. The van der Waals surface area contributed by atoms with Gasteiger partial charge in [-0.1, -0.05) is 12.1 Å². The fourth-order valence-electron chi connectivity index (χ4n) is 1.91. The Bertz CT molecular complexity index is 507. The molecule has 0 aliphatic rings. The van der Waals surface area contributed by atoms with Gasteiger partial charge in [0.1, 0.15) is 0 Å². The average Bonchev–Trinajstić information content (AvgIpc) is 2.48. The van der Waals surface area contributed by atoms with Crippen molar-refractivity contribution >= 4 is 17.6 Å². The average molecular weight is 309 g/mol. The quantitative estimate of drug-likeness (QED) is 0.316. The van der Waals surface area contributed by atoms with Crippen LogP contribution in [0.15, 0.2) is 24.3 Å². The van der Waals surface area contributed by atoms with Gasteiger partial charge in [0.25, 0.3) is 5.69 Å². The number of carbonyl (C=O) groups excluding carboxylic acids is 2. The lowest BCUT2D eigenvalue weighted by atomic mass is 9.99. The molecule has 7 nitrogen and oxygen atoms in total. The Kier molecular flexibility index (Phi) is 7.01. The highest BCUT2D eigenvalue weighted by atomic mass is 16.6. The number of benzene rings is 1. The zero-order valence-electron chi connectivity index (χ0n) is 12.6. The van der Waals surface area contributed by atoms with Crippen LogP contribution in [0.3, 0.4) is 0 Å². The highest BCUT2D eigenvalue weighted by Crippen LogP contribution is 2.17. The first-order chi connectivity index (χ1) is 10.5. The first kappa shape index (κ1) is 17.6. The molecule has 0 amide bonds. The third-order valence-corrected chi connectivity index (χ3v) is 3.01. The van der Waals surface area contributed by atoms with Crippen LogP contribution >= 0.6 is 0 Å². The van der Waals surface area contributed by atoms with Gasteiger partial charge in [-0.25, -0.2) is 0 Å². The second-order valence-electron chi connectivity index (χ2n) is 4.52. The number of esters is 2. The van der Waals surface area contributed by atoms with Crippen molar-refractivity contribution in [2.75, 3.05) is 13.2 Å². The maximum Gasteiger partial charge on any atom is 0.320 e. The summed E-state index contributed by atoms with van der Waals surface area (Å²) >= 11 is 0. The maximum absolute atomic E-state index is 11.8. The SMILES string of the molecule is CCOC(=O)C(CCc1ccc([N+](=O)[O-])cc1)C(=O)OCC. The summed E-state index contributed by atoms with van der Waals surface area (Å²) in [4.78, 5) is 33.7. The fourth-order valence-corrected chi connectivity index (χ4v) is 1.91. The van der Waals surface area contributed by atoms with Crippen molar-refractivity contribution in [3.8, 4) is 0 Å². The van der Waals surface area contributed by atoms with Gasteiger partial charge >= 0.3 is 11.9 Å². The van der Waals surface area contributed by atoms with Gasteiger partial charge in [0.2, 0.25) is 0 Å². The fraction of sp³-hybridized carbons (Fsp3) is 0.467. The van der Waals surface area contributed by atoms with Crippen LogP contribution in [0.25, 0.3) is 0 Å². The molecule has 0 fully saturated rings. The number of nitro groups is 1. The predicted molar refractivity (Wildman–Crippen MR) is 78.2 cm³/mol. The second kappa shape index (κ2) is 8.76. The van der Waals surface area contributed by atoms with E-state index in [-0.39, 0.29) is 25.3 Å². The molecule has 0 radical (unpaired) electrons. The minimum atomic E-state index is -0.977. The van der Waals surface area contributed by atoms with Gasteiger partial charge in [-0.2, -0.15) is 0 Å². The summed E-state index contributed by atoms with van der Waals surface area (Å²) in [6.45, 7) is 3.70. The molecule has 120 valence electrons. The van der Waals surface area contributed by atoms with E-state index in [9.17, 15) is 19.7 Å². The summed E-state index contributed by atoms with van der Waals surface area (Å²) in [5.41, 5.74) is 0.792. The molecular formula is C15H19NO6. The lowest BCUT2D eigenvalue weighted by molar-refractivity contribution is -0.384.